The number of hydrogen-bond donors (Lipinski definition) is 1. The molecule has 0 radical (unpaired) electrons. The van der Waals surface area contributed by atoms with E-state index in [1.165, 1.54) is 0 Å². The number of anilines is 1. The molecule has 0 aromatic heterocycles. The molecule has 146 valence electrons. The summed E-state index contributed by atoms with van der Waals surface area (Å²) < 4.78 is 0. The zero-order chi connectivity index (χ0) is 19.5. The van der Waals surface area contributed by atoms with Crippen molar-refractivity contribution in [2.75, 3.05) is 24.5 Å². The van der Waals surface area contributed by atoms with Gasteiger partial charge in [0.15, 0.2) is 0 Å². The quantitative estimate of drug-likeness (QED) is 0.887. The van der Waals surface area contributed by atoms with Crippen LogP contribution in [-0.2, 0) is 4.79 Å². The van der Waals surface area contributed by atoms with E-state index < -0.39 is 6.10 Å². The Labute approximate surface area is 165 Å². The Morgan fingerprint density at radius 2 is 1.75 bits per heavy atom. The lowest BCUT2D eigenvalue weighted by Crippen LogP contribution is -2.39. The van der Waals surface area contributed by atoms with Gasteiger partial charge in [0.05, 0.1) is 6.10 Å². The second kappa shape index (κ2) is 8.15. The molecular weight excluding hydrogens is 352 g/mol. The summed E-state index contributed by atoms with van der Waals surface area (Å²) in [7, 11) is 0. The van der Waals surface area contributed by atoms with Gasteiger partial charge < -0.3 is 14.9 Å². The fourth-order valence-corrected chi connectivity index (χ4v) is 4.25. The summed E-state index contributed by atoms with van der Waals surface area (Å²) in [6.45, 7) is 2.00. The van der Waals surface area contributed by atoms with E-state index in [-0.39, 0.29) is 17.7 Å². The number of piperidine rings is 1. The fraction of sp³-hybridized carbons (Fsp3) is 0.391. The van der Waals surface area contributed by atoms with Crippen molar-refractivity contribution >= 4 is 17.5 Å². The van der Waals surface area contributed by atoms with Crippen LogP contribution in [0.2, 0.25) is 0 Å². The molecule has 2 aromatic carbocycles. The van der Waals surface area contributed by atoms with Crippen molar-refractivity contribution in [2.45, 2.75) is 31.8 Å². The van der Waals surface area contributed by atoms with Crippen LogP contribution in [0.25, 0.3) is 0 Å². The zero-order valence-corrected chi connectivity index (χ0v) is 16.0. The van der Waals surface area contributed by atoms with Crippen LogP contribution in [0.1, 0.15) is 47.7 Å². The third-order valence-electron chi connectivity index (χ3n) is 5.89. The second-order valence-corrected chi connectivity index (χ2v) is 7.68. The smallest absolute Gasteiger partial charge is 0.253 e. The number of nitrogens with zero attached hydrogens (tertiary/aromatic N) is 2. The highest BCUT2D eigenvalue weighted by Crippen LogP contribution is 2.31. The van der Waals surface area contributed by atoms with Gasteiger partial charge in [0.1, 0.15) is 0 Å². The molecule has 28 heavy (non-hydrogen) atoms. The van der Waals surface area contributed by atoms with E-state index in [1.807, 2.05) is 59.5 Å². The second-order valence-electron chi connectivity index (χ2n) is 7.68. The first-order valence-corrected chi connectivity index (χ1v) is 10.1. The highest BCUT2D eigenvalue weighted by atomic mass is 16.3. The van der Waals surface area contributed by atoms with E-state index in [4.69, 9.17) is 0 Å². The Kier molecular flexibility index (Phi) is 5.44. The predicted octanol–water partition coefficient (Wildman–Crippen LogP) is 3.40. The average Bonchev–Trinajstić information content (AvgIpc) is 3.19. The Balaban J connectivity index is 1.40. The minimum atomic E-state index is -0.483. The van der Waals surface area contributed by atoms with E-state index in [9.17, 15) is 14.7 Å². The number of likely N-dealkylation sites (tertiary alicyclic amines) is 1. The predicted molar refractivity (Wildman–Crippen MR) is 108 cm³/mol. The van der Waals surface area contributed by atoms with Gasteiger partial charge in [0.2, 0.25) is 5.91 Å². The highest BCUT2D eigenvalue weighted by Gasteiger charge is 2.29. The normalized spacial score (nSPS) is 19.1. The maximum absolute atomic E-state index is 13.0. The summed E-state index contributed by atoms with van der Waals surface area (Å²) in [6.07, 6.45) is 2.53. The minimum Gasteiger partial charge on any atom is -0.388 e. The standard InChI is InChI=1S/C23H26N2O3/c26-21-10-5-13-25(21)20-9-4-8-19(16-20)23(28)24-14-11-18(12-15-24)22(27)17-6-2-1-3-7-17/h1-4,6-9,16,18,22,27H,5,10-15H2. The zero-order valence-electron chi connectivity index (χ0n) is 16.0. The van der Waals surface area contributed by atoms with Crippen molar-refractivity contribution in [3.8, 4) is 0 Å². The Morgan fingerprint density at radius 1 is 1.00 bits per heavy atom. The summed E-state index contributed by atoms with van der Waals surface area (Å²) in [4.78, 5) is 28.6. The van der Waals surface area contributed by atoms with Crippen molar-refractivity contribution in [3.05, 3.63) is 65.7 Å². The van der Waals surface area contributed by atoms with Crippen LogP contribution in [0.4, 0.5) is 5.69 Å². The number of hydrogen-bond acceptors (Lipinski definition) is 3. The van der Waals surface area contributed by atoms with Gasteiger partial charge in [-0.2, -0.15) is 0 Å². The van der Waals surface area contributed by atoms with Gasteiger partial charge in [-0.05, 0) is 48.9 Å². The van der Waals surface area contributed by atoms with Crippen LogP contribution >= 0.6 is 0 Å². The van der Waals surface area contributed by atoms with Crippen LogP contribution in [0, 0.1) is 5.92 Å². The van der Waals surface area contributed by atoms with Gasteiger partial charge in [-0.3, -0.25) is 9.59 Å². The molecule has 0 bridgehead atoms. The van der Waals surface area contributed by atoms with Crippen LogP contribution in [0.5, 0.6) is 0 Å². The Hall–Kier alpha value is -2.66. The third kappa shape index (κ3) is 3.80. The molecular formula is C23H26N2O3. The van der Waals surface area contributed by atoms with Crippen LogP contribution < -0.4 is 4.90 Å². The minimum absolute atomic E-state index is 0.00106. The first-order chi connectivity index (χ1) is 13.6. The van der Waals surface area contributed by atoms with E-state index >= 15 is 0 Å². The maximum Gasteiger partial charge on any atom is 0.253 e. The van der Waals surface area contributed by atoms with E-state index in [0.717, 1.165) is 37.1 Å². The van der Waals surface area contributed by atoms with Crippen LogP contribution in [0.3, 0.4) is 0 Å². The van der Waals surface area contributed by atoms with Gasteiger partial charge in [-0.15, -0.1) is 0 Å². The molecule has 4 rings (SSSR count). The first-order valence-electron chi connectivity index (χ1n) is 10.1. The largest absolute Gasteiger partial charge is 0.388 e. The number of carbonyl (C=O) groups is 2. The molecule has 2 fully saturated rings. The molecule has 1 N–H and O–H groups in total. The van der Waals surface area contributed by atoms with Gasteiger partial charge in [-0.1, -0.05) is 36.4 Å². The molecule has 5 heteroatoms. The Bertz CT molecular complexity index is 844. The van der Waals surface area contributed by atoms with Crippen LogP contribution in [0.15, 0.2) is 54.6 Å². The van der Waals surface area contributed by atoms with E-state index in [1.54, 1.807) is 4.90 Å². The highest BCUT2D eigenvalue weighted by molar-refractivity contribution is 5.99. The van der Waals surface area contributed by atoms with Crippen molar-refractivity contribution in [3.63, 3.8) is 0 Å². The lowest BCUT2D eigenvalue weighted by atomic mass is 9.87. The number of carbonyl (C=O) groups excluding carboxylic acids is 2. The van der Waals surface area contributed by atoms with Gasteiger partial charge in [0, 0.05) is 37.3 Å². The van der Waals surface area contributed by atoms with Crippen molar-refractivity contribution in [1.29, 1.82) is 0 Å². The summed E-state index contributed by atoms with van der Waals surface area (Å²) in [5, 5.41) is 10.6. The number of benzene rings is 2. The molecule has 2 aliphatic heterocycles. The SMILES string of the molecule is O=C(c1cccc(N2CCCC2=O)c1)N1CCC(C(O)c2ccccc2)CC1. The summed E-state index contributed by atoms with van der Waals surface area (Å²) in [5.41, 5.74) is 2.37. The lowest BCUT2D eigenvalue weighted by Gasteiger charge is -2.34. The first kappa shape index (κ1) is 18.7. The molecule has 2 saturated heterocycles. The summed E-state index contributed by atoms with van der Waals surface area (Å²) in [6, 6.07) is 17.1. The van der Waals surface area contributed by atoms with Crippen molar-refractivity contribution in [1.82, 2.24) is 4.90 Å². The third-order valence-corrected chi connectivity index (χ3v) is 5.89. The van der Waals surface area contributed by atoms with Crippen molar-refractivity contribution in [2.24, 2.45) is 5.92 Å². The van der Waals surface area contributed by atoms with Crippen LogP contribution in [-0.4, -0.2) is 41.5 Å². The molecule has 5 nitrogen and oxygen atoms in total. The monoisotopic (exact) mass is 378 g/mol. The molecule has 0 spiro atoms. The molecule has 1 unspecified atom stereocenters. The summed E-state index contributed by atoms with van der Waals surface area (Å²) in [5.74, 6) is 0.293. The lowest BCUT2D eigenvalue weighted by molar-refractivity contribution is -0.117. The number of rotatable bonds is 4. The Morgan fingerprint density at radius 3 is 2.43 bits per heavy atom. The van der Waals surface area contributed by atoms with Crippen molar-refractivity contribution < 1.29 is 14.7 Å². The average molecular weight is 378 g/mol. The maximum atomic E-state index is 13.0. The molecule has 0 saturated carbocycles. The molecule has 2 heterocycles. The fourth-order valence-electron chi connectivity index (χ4n) is 4.25. The van der Waals surface area contributed by atoms with E-state index in [2.05, 4.69) is 0 Å². The molecule has 2 amide bonds. The number of amides is 2. The number of aliphatic hydroxyl groups is 1. The van der Waals surface area contributed by atoms with Gasteiger partial charge in [0.25, 0.3) is 5.91 Å². The molecule has 0 aliphatic carbocycles. The number of aliphatic hydroxyl groups excluding tert-OH is 1. The summed E-state index contributed by atoms with van der Waals surface area (Å²) >= 11 is 0. The molecule has 1 atom stereocenters. The molecule has 2 aromatic rings. The van der Waals surface area contributed by atoms with E-state index in [0.29, 0.717) is 25.1 Å². The van der Waals surface area contributed by atoms with Gasteiger partial charge >= 0.3 is 0 Å². The topological polar surface area (TPSA) is 60.9 Å². The van der Waals surface area contributed by atoms with Gasteiger partial charge in [-0.25, -0.2) is 0 Å². The molecule has 2 aliphatic rings.